The molecule has 35 heavy (non-hydrogen) atoms. The van der Waals surface area contributed by atoms with E-state index in [1.54, 1.807) is 61.3 Å². The molecule has 0 radical (unpaired) electrons. The van der Waals surface area contributed by atoms with Gasteiger partial charge in [-0.15, -0.1) is 0 Å². The maximum absolute atomic E-state index is 12.8. The Labute approximate surface area is 204 Å². The Morgan fingerprint density at radius 1 is 0.971 bits per heavy atom. The van der Waals surface area contributed by atoms with Gasteiger partial charge in [-0.2, -0.15) is 0 Å². The van der Waals surface area contributed by atoms with Crippen LogP contribution in [0.1, 0.15) is 39.7 Å². The highest BCUT2D eigenvalue weighted by Crippen LogP contribution is 2.50. The van der Waals surface area contributed by atoms with E-state index in [0.717, 1.165) is 0 Å². The maximum atomic E-state index is 12.8. The highest BCUT2D eigenvalue weighted by molar-refractivity contribution is 6.01. The van der Waals surface area contributed by atoms with Crippen LogP contribution in [0.3, 0.4) is 0 Å². The Bertz CT molecular complexity index is 1150. The summed E-state index contributed by atoms with van der Waals surface area (Å²) in [5.74, 6) is -2.58. The Morgan fingerprint density at radius 3 is 2.00 bits per heavy atom. The van der Waals surface area contributed by atoms with Crippen molar-refractivity contribution >= 4 is 17.6 Å². The molecule has 184 valence electrons. The summed E-state index contributed by atoms with van der Waals surface area (Å²) < 4.78 is 0. The maximum Gasteiger partial charge on any atom is 0.334 e. The lowest BCUT2D eigenvalue weighted by molar-refractivity contribution is -0.385. The molecule has 1 heterocycles. The number of allylic oxidation sites excluding steroid dienone is 9. The normalized spacial score (nSPS) is 16.4. The molecule has 0 saturated heterocycles. The molecule has 0 bridgehead atoms. The standard InChI is InChI=1S/C27H30N2O6/c1-5-7-9-11-16-27(21-14-13-15-22(18-21)29(34)35)23(25(30)31)19(3)28(17-12-10-8-6-2)20(4)24(27)26(32)33/h5-15,18H,16-17H2,1-4H3,(H,30,31)(H,32,33). The van der Waals surface area contributed by atoms with E-state index in [2.05, 4.69) is 0 Å². The molecule has 0 amide bonds. The van der Waals surface area contributed by atoms with Gasteiger partial charge in [-0.3, -0.25) is 10.1 Å². The van der Waals surface area contributed by atoms with E-state index in [9.17, 15) is 29.9 Å². The van der Waals surface area contributed by atoms with Crippen molar-refractivity contribution in [2.24, 2.45) is 0 Å². The molecule has 8 nitrogen and oxygen atoms in total. The van der Waals surface area contributed by atoms with E-state index in [4.69, 9.17) is 0 Å². The number of rotatable bonds is 10. The van der Waals surface area contributed by atoms with Crippen molar-refractivity contribution in [2.45, 2.75) is 39.5 Å². The van der Waals surface area contributed by atoms with E-state index in [0.29, 0.717) is 11.4 Å². The van der Waals surface area contributed by atoms with Gasteiger partial charge in [-0.1, -0.05) is 60.7 Å². The molecule has 0 fully saturated rings. The van der Waals surface area contributed by atoms with Crippen molar-refractivity contribution in [1.82, 2.24) is 4.90 Å². The summed E-state index contributed by atoms with van der Waals surface area (Å²) in [7, 11) is 0. The average Bonchev–Trinajstić information content (AvgIpc) is 2.80. The number of carboxylic acids is 2. The molecular weight excluding hydrogens is 448 g/mol. The van der Waals surface area contributed by atoms with E-state index < -0.39 is 22.3 Å². The number of carbonyl (C=O) groups is 2. The van der Waals surface area contributed by atoms with Crippen LogP contribution in [0.25, 0.3) is 0 Å². The molecular formula is C27H30N2O6. The summed E-state index contributed by atoms with van der Waals surface area (Å²) in [6.45, 7) is 7.21. The van der Waals surface area contributed by atoms with Gasteiger partial charge in [0, 0.05) is 30.1 Å². The molecule has 2 rings (SSSR count). The first-order valence-corrected chi connectivity index (χ1v) is 11.1. The van der Waals surface area contributed by atoms with Gasteiger partial charge >= 0.3 is 11.9 Å². The summed E-state index contributed by atoms with van der Waals surface area (Å²) in [6, 6.07) is 5.55. The van der Waals surface area contributed by atoms with Gasteiger partial charge in [0.25, 0.3) is 5.69 Å². The smallest absolute Gasteiger partial charge is 0.334 e. The van der Waals surface area contributed by atoms with Crippen molar-refractivity contribution in [3.63, 3.8) is 0 Å². The number of nitrogens with zero attached hydrogens (tertiary/aromatic N) is 2. The zero-order valence-electron chi connectivity index (χ0n) is 20.3. The first-order chi connectivity index (χ1) is 16.6. The zero-order valence-corrected chi connectivity index (χ0v) is 20.3. The lowest BCUT2D eigenvalue weighted by Crippen LogP contribution is -2.45. The van der Waals surface area contributed by atoms with Gasteiger partial charge in [-0.05, 0) is 39.7 Å². The Hall–Kier alpha value is -4.20. The topological polar surface area (TPSA) is 121 Å². The minimum Gasteiger partial charge on any atom is -0.478 e. The second kappa shape index (κ2) is 11.8. The zero-order chi connectivity index (χ0) is 26.2. The number of aliphatic carboxylic acids is 2. The number of hydrogen-bond acceptors (Lipinski definition) is 5. The van der Waals surface area contributed by atoms with Crippen LogP contribution in [0.4, 0.5) is 5.69 Å². The first-order valence-electron chi connectivity index (χ1n) is 11.1. The summed E-state index contributed by atoms with van der Waals surface area (Å²) in [5, 5.41) is 32.3. The number of nitro groups is 1. The van der Waals surface area contributed by atoms with Crippen molar-refractivity contribution in [3.8, 4) is 0 Å². The highest BCUT2D eigenvalue weighted by atomic mass is 16.6. The second-order valence-corrected chi connectivity index (χ2v) is 7.97. The van der Waals surface area contributed by atoms with E-state index >= 15 is 0 Å². The predicted molar refractivity (Wildman–Crippen MR) is 135 cm³/mol. The number of nitro benzene ring substituents is 1. The summed E-state index contributed by atoms with van der Waals surface area (Å²) in [5.41, 5.74) is -1.20. The lowest BCUT2D eigenvalue weighted by atomic mass is 9.63. The number of hydrogen-bond donors (Lipinski definition) is 2. The predicted octanol–water partition coefficient (Wildman–Crippen LogP) is 5.52. The first kappa shape index (κ1) is 27.0. The van der Waals surface area contributed by atoms with Crippen molar-refractivity contribution in [2.75, 3.05) is 6.54 Å². The van der Waals surface area contributed by atoms with Crippen LogP contribution < -0.4 is 0 Å². The molecule has 1 aliphatic rings. The van der Waals surface area contributed by atoms with Gasteiger partial charge < -0.3 is 15.1 Å². The van der Waals surface area contributed by atoms with Crippen LogP contribution in [0.2, 0.25) is 0 Å². The third kappa shape index (κ3) is 5.48. The molecule has 8 heteroatoms. The number of benzene rings is 1. The van der Waals surface area contributed by atoms with Gasteiger partial charge in [0.15, 0.2) is 0 Å². The van der Waals surface area contributed by atoms with Crippen molar-refractivity contribution in [3.05, 3.63) is 111 Å². The number of non-ortho nitro benzene ring substituents is 1. The minimum atomic E-state index is -1.65. The van der Waals surface area contributed by atoms with Crippen LogP contribution in [0, 0.1) is 10.1 Å². The van der Waals surface area contributed by atoms with Gasteiger partial charge in [0.2, 0.25) is 0 Å². The average molecular weight is 479 g/mol. The Kier molecular flexibility index (Phi) is 9.11. The fraction of sp³-hybridized carbons (Fsp3) is 0.259. The highest BCUT2D eigenvalue weighted by Gasteiger charge is 2.51. The van der Waals surface area contributed by atoms with Crippen LogP contribution in [-0.2, 0) is 15.0 Å². The van der Waals surface area contributed by atoms with Gasteiger partial charge in [-0.25, -0.2) is 9.59 Å². The lowest BCUT2D eigenvalue weighted by Gasteiger charge is -2.44. The third-order valence-electron chi connectivity index (χ3n) is 5.96. The molecule has 0 aliphatic carbocycles. The fourth-order valence-electron chi connectivity index (χ4n) is 4.50. The largest absolute Gasteiger partial charge is 0.478 e. The Balaban J connectivity index is 2.98. The van der Waals surface area contributed by atoms with Crippen LogP contribution >= 0.6 is 0 Å². The van der Waals surface area contributed by atoms with Crippen LogP contribution in [-0.4, -0.2) is 38.5 Å². The molecule has 0 aromatic heterocycles. The molecule has 2 N–H and O–H groups in total. The molecule has 1 aromatic carbocycles. The van der Waals surface area contributed by atoms with E-state index in [-0.39, 0.29) is 35.4 Å². The van der Waals surface area contributed by atoms with E-state index in [1.807, 2.05) is 26.0 Å². The number of carboxylic acid groups (broad SMARTS) is 2. The van der Waals surface area contributed by atoms with Crippen molar-refractivity contribution in [1.29, 1.82) is 0 Å². The summed E-state index contributed by atoms with van der Waals surface area (Å²) in [4.78, 5) is 38.1. The quantitative estimate of drug-likeness (QED) is 0.258. The monoisotopic (exact) mass is 478 g/mol. The SMILES string of the molecule is CC=CC=CCN1C(C)=C(C(=O)O)C(CC=CC=CC)(c2cccc([N+](=O)[O-])c2)C(C(=O)O)=C1C. The third-order valence-corrected chi connectivity index (χ3v) is 5.96. The second-order valence-electron chi connectivity index (χ2n) is 7.97. The molecule has 1 aromatic rings. The van der Waals surface area contributed by atoms with Crippen LogP contribution in [0.15, 0.2) is 95.4 Å². The summed E-state index contributed by atoms with van der Waals surface area (Å²) >= 11 is 0. The molecule has 0 saturated carbocycles. The van der Waals surface area contributed by atoms with E-state index in [1.165, 1.54) is 18.2 Å². The van der Waals surface area contributed by atoms with Gasteiger partial charge in [0.05, 0.1) is 21.5 Å². The van der Waals surface area contributed by atoms with Gasteiger partial charge in [0.1, 0.15) is 0 Å². The molecule has 1 aliphatic heterocycles. The molecule has 0 unspecified atom stereocenters. The Morgan fingerprint density at radius 2 is 1.51 bits per heavy atom. The minimum absolute atomic E-state index is 0.0152. The molecule has 0 spiro atoms. The fourth-order valence-corrected chi connectivity index (χ4v) is 4.50. The molecule has 0 atom stereocenters. The van der Waals surface area contributed by atoms with Crippen molar-refractivity contribution < 1.29 is 24.7 Å². The summed E-state index contributed by atoms with van der Waals surface area (Å²) in [6.07, 6.45) is 14.2. The van der Waals surface area contributed by atoms with Crippen LogP contribution in [0.5, 0.6) is 0 Å².